The van der Waals surface area contributed by atoms with Crippen molar-refractivity contribution in [1.29, 1.82) is 0 Å². The Morgan fingerprint density at radius 1 is 0.957 bits per heavy atom. The third-order valence-corrected chi connectivity index (χ3v) is 5.28. The fraction of sp³-hybridized carbons (Fsp3) is 0.250. The van der Waals surface area contributed by atoms with Gasteiger partial charge in [0.2, 0.25) is 16.8 Å². The normalized spacial score (nSPS) is 15.3. The van der Waals surface area contributed by atoms with Crippen molar-refractivity contribution in [3.05, 3.63) is 47.5 Å². The van der Waals surface area contributed by atoms with Crippen LogP contribution in [0.1, 0.15) is 11.1 Å². The molecule has 0 radical (unpaired) electrons. The molecule has 0 aliphatic carbocycles. The van der Waals surface area contributed by atoms with Crippen molar-refractivity contribution >= 4 is 10.0 Å². The Bertz CT molecular complexity index is 863. The molecule has 2 heterocycles. The highest BCUT2D eigenvalue weighted by atomic mass is 32.2. The molecular formula is C16H15NO5S. The zero-order valence-corrected chi connectivity index (χ0v) is 13.1. The smallest absolute Gasteiger partial charge is 0.241 e. The summed E-state index contributed by atoms with van der Waals surface area (Å²) in [5.41, 5.74) is 1.84. The van der Waals surface area contributed by atoms with Crippen LogP contribution in [0.2, 0.25) is 0 Å². The van der Waals surface area contributed by atoms with Crippen LogP contribution < -0.4 is 18.9 Å². The molecular weight excluding hydrogens is 318 g/mol. The van der Waals surface area contributed by atoms with Crippen LogP contribution >= 0.6 is 0 Å². The lowest BCUT2D eigenvalue weighted by Crippen LogP contribution is -2.23. The topological polar surface area (TPSA) is 73.9 Å². The SMILES string of the molecule is O=S(=O)(NCc1ccc2c(c1)OCO2)c1ccc2c(c1)OCC2. The predicted molar refractivity (Wildman–Crippen MR) is 82.2 cm³/mol. The Kier molecular flexibility index (Phi) is 3.39. The van der Waals surface area contributed by atoms with Crippen molar-refractivity contribution in [2.24, 2.45) is 0 Å². The van der Waals surface area contributed by atoms with Crippen LogP contribution in [0.5, 0.6) is 17.2 Å². The maximum absolute atomic E-state index is 12.4. The molecule has 0 unspecified atom stereocenters. The van der Waals surface area contributed by atoms with E-state index in [0.29, 0.717) is 23.9 Å². The molecule has 0 fully saturated rings. The van der Waals surface area contributed by atoms with Crippen molar-refractivity contribution in [2.45, 2.75) is 17.9 Å². The lowest BCUT2D eigenvalue weighted by Gasteiger charge is -2.09. The molecule has 0 aromatic heterocycles. The van der Waals surface area contributed by atoms with E-state index in [0.717, 1.165) is 17.5 Å². The molecule has 0 spiro atoms. The second-order valence-corrected chi connectivity index (χ2v) is 7.15. The van der Waals surface area contributed by atoms with E-state index in [9.17, 15) is 8.42 Å². The maximum Gasteiger partial charge on any atom is 0.241 e. The van der Waals surface area contributed by atoms with Crippen molar-refractivity contribution in [1.82, 2.24) is 4.72 Å². The molecule has 7 heteroatoms. The van der Waals surface area contributed by atoms with Gasteiger partial charge in [-0.15, -0.1) is 0 Å². The molecule has 1 N–H and O–H groups in total. The summed E-state index contributed by atoms with van der Waals surface area (Å²) in [6.07, 6.45) is 0.820. The number of hydrogen-bond donors (Lipinski definition) is 1. The van der Waals surface area contributed by atoms with Gasteiger partial charge in [-0.05, 0) is 29.3 Å². The minimum atomic E-state index is -3.60. The van der Waals surface area contributed by atoms with Crippen LogP contribution in [0.3, 0.4) is 0 Å². The molecule has 0 atom stereocenters. The number of benzene rings is 2. The monoisotopic (exact) mass is 333 g/mol. The van der Waals surface area contributed by atoms with Gasteiger partial charge in [0.15, 0.2) is 11.5 Å². The summed E-state index contributed by atoms with van der Waals surface area (Å²) in [6, 6.07) is 10.3. The molecule has 4 rings (SSSR count). The van der Waals surface area contributed by atoms with E-state index in [1.165, 1.54) is 0 Å². The van der Waals surface area contributed by atoms with Crippen molar-refractivity contribution in [2.75, 3.05) is 13.4 Å². The predicted octanol–water partition coefficient (Wildman–Crippen LogP) is 1.83. The summed E-state index contributed by atoms with van der Waals surface area (Å²) in [5.74, 6) is 1.95. The van der Waals surface area contributed by atoms with Gasteiger partial charge in [0.05, 0.1) is 11.5 Å². The largest absolute Gasteiger partial charge is 0.493 e. The fourth-order valence-corrected chi connectivity index (χ4v) is 3.66. The minimum Gasteiger partial charge on any atom is -0.493 e. The van der Waals surface area contributed by atoms with E-state index in [1.54, 1.807) is 30.3 Å². The van der Waals surface area contributed by atoms with Gasteiger partial charge < -0.3 is 14.2 Å². The summed E-state index contributed by atoms with van der Waals surface area (Å²) in [7, 11) is -3.60. The highest BCUT2D eigenvalue weighted by molar-refractivity contribution is 7.89. The van der Waals surface area contributed by atoms with E-state index < -0.39 is 10.0 Å². The number of rotatable bonds is 4. The van der Waals surface area contributed by atoms with Crippen LogP contribution in [-0.4, -0.2) is 21.8 Å². The van der Waals surface area contributed by atoms with E-state index >= 15 is 0 Å². The van der Waals surface area contributed by atoms with Gasteiger partial charge in [-0.2, -0.15) is 0 Å². The first kappa shape index (κ1) is 14.3. The lowest BCUT2D eigenvalue weighted by molar-refractivity contribution is 0.174. The van der Waals surface area contributed by atoms with Gasteiger partial charge in [0.1, 0.15) is 5.75 Å². The van der Waals surface area contributed by atoms with E-state index in [1.807, 2.05) is 6.07 Å². The average molecular weight is 333 g/mol. The number of ether oxygens (including phenoxy) is 3. The highest BCUT2D eigenvalue weighted by Crippen LogP contribution is 2.32. The summed E-state index contributed by atoms with van der Waals surface area (Å²) >= 11 is 0. The molecule has 0 amide bonds. The molecule has 2 aliphatic heterocycles. The van der Waals surface area contributed by atoms with Crippen molar-refractivity contribution in [3.63, 3.8) is 0 Å². The fourth-order valence-electron chi connectivity index (χ4n) is 2.63. The number of nitrogens with one attached hydrogen (secondary N) is 1. The van der Waals surface area contributed by atoms with Crippen molar-refractivity contribution < 1.29 is 22.6 Å². The zero-order valence-electron chi connectivity index (χ0n) is 12.2. The van der Waals surface area contributed by atoms with Gasteiger partial charge >= 0.3 is 0 Å². The summed E-state index contributed by atoms with van der Waals surface area (Å²) < 4.78 is 43.4. The molecule has 0 saturated carbocycles. The second-order valence-electron chi connectivity index (χ2n) is 5.38. The van der Waals surface area contributed by atoms with Crippen molar-refractivity contribution in [3.8, 4) is 17.2 Å². The molecule has 2 aliphatic rings. The van der Waals surface area contributed by atoms with Gasteiger partial charge in [-0.1, -0.05) is 12.1 Å². The number of sulfonamides is 1. The van der Waals surface area contributed by atoms with Gasteiger partial charge in [-0.3, -0.25) is 0 Å². The third kappa shape index (κ3) is 2.73. The van der Waals surface area contributed by atoms with Crippen LogP contribution in [0.4, 0.5) is 0 Å². The first-order valence-corrected chi connectivity index (χ1v) is 8.74. The lowest BCUT2D eigenvalue weighted by atomic mass is 10.2. The summed E-state index contributed by atoms with van der Waals surface area (Å²) in [4.78, 5) is 0.207. The van der Waals surface area contributed by atoms with Crippen LogP contribution in [-0.2, 0) is 23.0 Å². The molecule has 120 valence electrons. The highest BCUT2D eigenvalue weighted by Gasteiger charge is 2.20. The minimum absolute atomic E-state index is 0.177. The van der Waals surface area contributed by atoms with Gasteiger partial charge in [0.25, 0.3) is 0 Å². The summed E-state index contributed by atoms with van der Waals surface area (Å²) in [6.45, 7) is 0.972. The molecule has 0 saturated heterocycles. The Morgan fingerprint density at radius 2 is 1.83 bits per heavy atom. The standard InChI is InChI=1S/C16H15NO5S/c18-23(19,13-3-2-12-5-6-20-15(12)8-13)17-9-11-1-4-14-16(7-11)22-10-21-14/h1-4,7-8,17H,5-6,9-10H2. The second kappa shape index (κ2) is 5.43. The van der Waals surface area contributed by atoms with E-state index in [-0.39, 0.29) is 18.2 Å². The Balaban J connectivity index is 1.51. The van der Waals surface area contributed by atoms with E-state index in [4.69, 9.17) is 14.2 Å². The first-order chi connectivity index (χ1) is 11.1. The van der Waals surface area contributed by atoms with Crippen LogP contribution in [0, 0.1) is 0 Å². The van der Waals surface area contributed by atoms with Gasteiger partial charge in [-0.25, -0.2) is 13.1 Å². The number of fused-ring (bicyclic) bond motifs is 2. The maximum atomic E-state index is 12.4. The van der Waals surface area contributed by atoms with Crippen LogP contribution in [0.15, 0.2) is 41.3 Å². The Hall–Kier alpha value is -2.25. The zero-order chi connectivity index (χ0) is 15.9. The summed E-state index contributed by atoms with van der Waals surface area (Å²) in [5, 5.41) is 0. The number of hydrogen-bond acceptors (Lipinski definition) is 5. The first-order valence-electron chi connectivity index (χ1n) is 7.26. The van der Waals surface area contributed by atoms with Gasteiger partial charge in [0, 0.05) is 19.0 Å². The Morgan fingerprint density at radius 3 is 2.74 bits per heavy atom. The molecule has 0 bridgehead atoms. The third-order valence-electron chi connectivity index (χ3n) is 3.88. The van der Waals surface area contributed by atoms with E-state index in [2.05, 4.69) is 4.72 Å². The molecule has 2 aromatic carbocycles. The Labute approximate surface area is 134 Å². The quantitative estimate of drug-likeness (QED) is 0.924. The molecule has 6 nitrogen and oxygen atoms in total. The molecule has 23 heavy (non-hydrogen) atoms. The average Bonchev–Trinajstić information content (AvgIpc) is 3.20. The molecule has 2 aromatic rings. The van der Waals surface area contributed by atoms with Crippen LogP contribution in [0.25, 0.3) is 0 Å².